The minimum Gasteiger partial charge on any atom is -0.375 e. The second-order valence-electron chi connectivity index (χ2n) is 6.71. The molecule has 2 heteroatoms. The SMILES string of the molecule is CCc1ccc(N(C)CCC2CC3CCC(C2)N3)cc1. The molecule has 0 radical (unpaired) electrons. The van der Waals surface area contributed by atoms with Crippen LogP contribution >= 0.6 is 0 Å². The number of hydrogen-bond acceptors (Lipinski definition) is 2. The zero-order chi connectivity index (χ0) is 13.9. The second kappa shape index (κ2) is 6.17. The van der Waals surface area contributed by atoms with Crippen molar-refractivity contribution in [3.8, 4) is 0 Å². The van der Waals surface area contributed by atoms with E-state index >= 15 is 0 Å². The maximum Gasteiger partial charge on any atom is 0.0363 e. The summed E-state index contributed by atoms with van der Waals surface area (Å²) in [4.78, 5) is 2.42. The van der Waals surface area contributed by atoms with Crippen molar-refractivity contribution in [2.45, 2.75) is 57.5 Å². The number of benzene rings is 1. The van der Waals surface area contributed by atoms with Gasteiger partial charge in [0.2, 0.25) is 0 Å². The van der Waals surface area contributed by atoms with Gasteiger partial charge in [-0.05, 0) is 62.1 Å². The lowest BCUT2D eigenvalue weighted by molar-refractivity contribution is 0.288. The van der Waals surface area contributed by atoms with Crippen LogP contribution in [0.3, 0.4) is 0 Å². The first-order chi connectivity index (χ1) is 9.74. The van der Waals surface area contributed by atoms with E-state index in [2.05, 4.69) is 48.5 Å². The fourth-order valence-corrected chi connectivity index (χ4v) is 3.90. The van der Waals surface area contributed by atoms with Gasteiger partial charge in [-0.25, -0.2) is 0 Å². The van der Waals surface area contributed by atoms with E-state index in [1.807, 2.05) is 0 Å². The van der Waals surface area contributed by atoms with Crippen LogP contribution in [0.2, 0.25) is 0 Å². The lowest BCUT2D eigenvalue weighted by Gasteiger charge is -2.30. The summed E-state index contributed by atoms with van der Waals surface area (Å²) in [5, 5.41) is 3.74. The first-order valence-corrected chi connectivity index (χ1v) is 8.30. The molecule has 20 heavy (non-hydrogen) atoms. The summed E-state index contributed by atoms with van der Waals surface area (Å²) in [6.07, 6.45) is 8.10. The van der Waals surface area contributed by atoms with E-state index < -0.39 is 0 Å². The lowest BCUT2D eigenvalue weighted by atomic mass is 9.89. The normalized spacial score (nSPS) is 28.6. The molecule has 2 heterocycles. The highest BCUT2D eigenvalue weighted by Gasteiger charge is 2.33. The standard InChI is InChI=1S/C18H28N2/c1-3-14-4-8-18(9-5-14)20(2)11-10-15-12-16-6-7-17(13-15)19-16/h4-5,8-9,15-17,19H,3,6-7,10-13H2,1-2H3. The fraction of sp³-hybridized carbons (Fsp3) is 0.667. The molecule has 1 N–H and O–H groups in total. The number of hydrogen-bond donors (Lipinski definition) is 1. The summed E-state index contributed by atoms with van der Waals surface area (Å²) in [5.74, 6) is 0.936. The number of piperidine rings is 1. The van der Waals surface area contributed by atoms with E-state index in [0.29, 0.717) is 0 Å². The maximum absolute atomic E-state index is 3.74. The fourth-order valence-electron chi connectivity index (χ4n) is 3.90. The summed E-state index contributed by atoms with van der Waals surface area (Å²) in [5.41, 5.74) is 2.79. The molecular formula is C18H28N2. The van der Waals surface area contributed by atoms with E-state index in [1.165, 1.54) is 49.9 Å². The summed E-state index contributed by atoms with van der Waals surface area (Å²) in [6, 6.07) is 10.7. The smallest absolute Gasteiger partial charge is 0.0363 e. The summed E-state index contributed by atoms with van der Waals surface area (Å²) < 4.78 is 0. The third-order valence-corrected chi connectivity index (χ3v) is 5.23. The highest BCUT2D eigenvalue weighted by molar-refractivity contribution is 5.46. The van der Waals surface area contributed by atoms with E-state index in [-0.39, 0.29) is 0 Å². The minimum atomic E-state index is 0.827. The number of aryl methyl sites for hydroxylation is 1. The average molecular weight is 272 g/mol. The highest BCUT2D eigenvalue weighted by Crippen LogP contribution is 2.32. The van der Waals surface area contributed by atoms with Crippen molar-refractivity contribution >= 4 is 5.69 Å². The molecule has 2 bridgehead atoms. The van der Waals surface area contributed by atoms with Crippen LogP contribution in [0, 0.1) is 5.92 Å². The molecular weight excluding hydrogens is 244 g/mol. The molecule has 2 unspecified atom stereocenters. The quantitative estimate of drug-likeness (QED) is 0.881. The van der Waals surface area contributed by atoms with Crippen molar-refractivity contribution in [2.75, 3.05) is 18.5 Å². The third-order valence-electron chi connectivity index (χ3n) is 5.23. The zero-order valence-electron chi connectivity index (χ0n) is 12.9. The van der Waals surface area contributed by atoms with Crippen molar-refractivity contribution < 1.29 is 0 Å². The number of nitrogens with zero attached hydrogens (tertiary/aromatic N) is 1. The van der Waals surface area contributed by atoms with E-state index in [4.69, 9.17) is 0 Å². The molecule has 2 fully saturated rings. The molecule has 0 saturated carbocycles. The van der Waals surface area contributed by atoms with Crippen LogP contribution in [0.25, 0.3) is 0 Å². The van der Waals surface area contributed by atoms with Crippen LogP contribution in [-0.2, 0) is 6.42 Å². The molecule has 0 amide bonds. The van der Waals surface area contributed by atoms with Gasteiger partial charge in [0.25, 0.3) is 0 Å². The number of anilines is 1. The molecule has 2 aliphatic rings. The first kappa shape index (κ1) is 13.9. The van der Waals surface area contributed by atoms with Crippen molar-refractivity contribution in [3.63, 3.8) is 0 Å². The third kappa shape index (κ3) is 3.17. The Balaban J connectivity index is 1.49. The Morgan fingerprint density at radius 1 is 1.10 bits per heavy atom. The molecule has 2 atom stereocenters. The molecule has 2 nitrogen and oxygen atoms in total. The Morgan fingerprint density at radius 2 is 1.75 bits per heavy atom. The Hall–Kier alpha value is -1.02. The molecule has 2 saturated heterocycles. The molecule has 2 aliphatic heterocycles. The average Bonchev–Trinajstić information content (AvgIpc) is 2.83. The second-order valence-corrected chi connectivity index (χ2v) is 6.71. The van der Waals surface area contributed by atoms with E-state index in [9.17, 15) is 0 Å². The van der Waals surface area contributed by atoms with E-state index in [0.717, 1.165) is 24.4 Å². The van der Waals surface area contributed by atoms with Gasteiger partial charge < -0.3 is 10.2 Å². The Morgan fingerprint density at radius 3 is 2.35 bits per heavy atom. The van der Waals surface area contributed by atoms with Gasteiger partial charge in [0, 0.05) is 31.4 Å². The number of nitrogens with one attached hydrogen (secondary N) is 1. The predicted molar refractivity (Wildman–Crippen MR) is 86.4 cm³/mol. The maximum atomic E-state index is 3.74. The van der Waals surface area contributed by atoms with Gasteiger partial charge >= 0.3 is 0 Å². The Kier molecular flexibility index (Phi) is 4.30. The first-order valence-electron chi connectivity index (χ1n) is 8.30. The Bertz CT molecular complexity index is 414. The minimum absolute atomic E-state index is 0.827. The van der Waals surface area contributed by atoms with Crippen LogP contribution in [0.5, 0.6) is 0 Å². The molecule has 0 aliphatic carbocycles. The molecule has 110 valence electrons. The molecule has 1 aromatic rings. The number of fused-ring (bicyclic) bond motifs is 2. The number of rotatable bonds is 5. The van der Waals surface area contributed by atoms with Crippen LogP contribution in [-0.4, -0.2) is 25.7 Å². The van der Waals surface area contributed by atoms with Crippen molar-refractivity contribution in [3.05, 3.63) is 29.8 Å². The van der Waals surface area contributed by atoms with Gasteiger partial charge in [-0.2, -0.15) is 0 Å². The zero-order valence-corrected chi connectivity index (χ0v) is 12.9. The monoisotopic (exact) mass is 272 g/mol. The Labute approximate surface area is 123 Å². The molecule has 0 aromatic heterocycles. The highest BCUT2D eigenvalue weighted by atomic mass is 15.1. The van der Waals surface area contributed by atoms with Gasteiger partial charge in [-0.15, -0.1) is 0 Å². The van der Waals surface area contributed by atoms with Crippen LogP contribution in [0.1, 0.15) is 44.6 Å². The largest absolute Gasteiger partial charge is 0.375 e. The molecule has 3 rings (SSSR count). The van der Waals surface area contributed by atoms with Crippen LogP contribution in [0.15, 0.2) is 24.3 Å². The van der Waals surface area contributed by atoms with Crippen LogP contribution in [0.4, 0.5) is 5.69 Å². The van der Waals surface area contributed by atoms with Crippen molar-refractivity contribution in [1.82, 2.24) is 5.32 Å². The van der Waals surface area contributed by atoms with Crippen molar-refractivity contribution in [2.24, 2.45) is 5.92 Å². The lowest BCUT2D eigenvalue weighted by Crippen LogP contribution is -2.38. The predicted octanol–water partition coefficient (Wildman–Crippen LogP) is 3.61. The summed E-state index contributed by atoms with van der Waals surface area (Å²) >= 11 is 0. The summed E-state index contributed by atoms with van der Waals surface area (Å²) in [6.45, 7) is 3.40. The topological polar surface area (TPSA) is 15.3 Å². The van der Waals surface area contributed by atoms with Gasteiger partial charge in [0.1, 0.15) is 0 Å². The van der Waals surface area contributed by atoms with Crippen molar-refractivity contribution in [1.29, 1.82) is 0 Å². The van der Waals surface area contributed by atoms with E-state index in [1.54, 1.807) is 0 Å². The molecule has 0 spiro atoms. The summed E-state index contributed by atoms with van der Waals surface area (Å²) in [7, 11) is 2.23. The van der Waals surface area contributed by atoms with Crippen LogP contribution < -0.4 is 10.2 Å². The van der Waals surface area contributed by atoms with Gasteiger partial charge in [-0.1, -0.05) is 19.1 Å². The van der Waals surface area contributed by atoms with Gasteiger partial charge in [-0.3, -0.25) is 0 Å². The van der Waals surface area contributed by atoms with Gasteiger partial charge in [0.05, 0.1) is 0 Å². The molecule has 1 aromatic carbocycles. The van der Waals surface area contributed by atoms with Gasteiger partial charge in [0.15, 0.2) is 0 Å².